The summed E-state index contributed by atoms with van der Waals surface area (Å²) >= 11 is 10.9. The van der Waals surface area contributed by atoms with E-state index in [2.05, 4.69) is 10.6 Å². The Morgan fingerprint density at radius 3 is 2.42 bits per heavy atom. The number of hydrogen-bond donors (Lipinski definition) is 2. The highest BCUT2D eigenvalue weighted by Gasteiger charge is 2.26. The van der Waals surface area contributed by atoms with Crippen LogP contribution in [0.1, 0.15) is 17.0 Å². The molecule has 1 aromatic carbocycles. The van der Waals surface area contributed by atoms with E-state index in [-0.39, 0.29) is 10.7 Å². The van der Waals surface area contributed by atoms with Crippen molar-refractivity contribution in [2.45, 2.75) is 13.8 Å². The molecule has 0 aliphatic carbocycles. The van der Waals surface area contributed by atoms with Gasteiger partial charge in [-0.15, -0.1) is 0 Å². The highest BCUT2D eigenvalue weighted by atomic mass is 35.5. The molecule has 0 bridgehead atoms. The van der Waals surface area contributed by atoms with Gasteiger partial charge in [0.1, 0.15) is 5.57 Å². The standard InChI is InChI=1S/C17H14ClN3O2S/c1-9-6-11(7-14-15(22)19-17(24)20-16(14)23)10(2)21(9)13-5-3-4-12(18)8-13/h3-8H,1-2H3,(H2,19,20,22,23,24). The van der Waals surface area contributed by atoms with E-state index in [1.54, 1.807) is 6.08 Å². The summed E-state index contributed by atoms with van der Waals surface area (Å²) in [6.07, 6.45) is 1.57. The topological polar surface area (TPSA) is 63.1 Å². The molecule has 5 nitrogen and oxygen atoms in total. The summed E-state index contributed by atoms with van der Waals surface area (Å²) in [7, 11) is 0. The SMILES string of the molecule is Cc1cc(C=C2C(=O)NC(=S)NC2=O)c(C)n1-c1cccc(Cl)c1. The molecule has 0 spiro atoms. The average Bonchev–Trinajstić information content (AvgIpc) is 2.77. The maximum atomic E-state index is 12.0. The van der Waals surface area contributed by atoms with Crippen LogP contribution < -0.4 is 10.6 Å². The molecule has 2 N–H and O–H groups in total. The van der Waals surface area contributed by atoms with Crippen molar-refractivity contribution >= 4 is 46.8 Å². The first-order valence-corrected chi connectivity index (χ1v) is 7.98. The van der Waals surface area contributed by atoms with Crippen LogP contribution >= 0.6 is 23.8 Å². The van der Waals surface area contributed by atoms with Crippen LogP contribution in [0, 0.1) is 13.8 Å². The van der Waals surface area contributed by atoms with E-state index >= 15 is 0 Å². The number of nitrogens with one attached hydrogen (secondary N) is 2. The zero-order valence-corrected chi connectivity index (χ0v) is 14.6. The van der Waals surface area contributed by atoms with E-state index in [0.29, 0.717) is 5.02 Å². The Morgan fingerprint density at radius 2 is 1.79 bits per heavy atom. The van der Waals surface area contributed by atoms with Gasteiger partial charge in [0.25, 0.3) is 11.8 Å². The summed E-state index contributed by atoms with van der Waals surface area (Å²) in [4.78, 5) is 24.0. The molecular formula is C17H14ClN3O2S. The molecular weight excluding hydrogens is 346 g/mol. The third-order valence-electron chi connectivity index (χ3n) is 3.78. The smallest absolute Gasteiger partial charge is 0.263 e. The van der Waals surface area contributed by atoms with Gasteiger partial charge in [-0.3, -0.25) is 20.2 Å². The molecule has 1 saturated heterocycles. The molecule has 1 aliphatic heterocycles. The van der Waals surface area contributed by atoms with Crippen molar-refractivity contribution < 1.29 is 9.59 Å². The Hall–Kier alpha value is -2.44. The second-order valence-corrected chi connectivity index (χ2v) is 6.28. The van der Waals surface area contributed by atoms with Gasteiger partial charge >= 0.3 is 0 Å². The Labute approximate surface area is 149 Å². The Morgan fingerprint density at radius 1 is 1.12 bits per heavy atom. The third kappa shape index (κ3) is 2.98. The number of aryl methyl sites for hydroxylation is 1. The van der Waals surface area contributed by atoms with Gasteiger partial charge in [-0.25, -0.2) is 0 Å². The Bertz CT molecular complexity index is 893. The van der Waals surface area contributed by atoms with Crippen molar-refractivity contribution in [2.24, 2.45) is 0 Å². The fraction of sp³-hybridized carbons (Fsp3) is 0.118. The first kappa shape index (κ1) is 16.4. The van der Waals surface area contributed by atoms with Gasteiger partial charge < -0.3 is 4.57 Å². The average molecular weight is 360 g/mol. The number of halogens is 1. The van der Waals surface area contributed by atoms with Gasteiger partial charge in [0, 0.05) is 22.1 Å². The van der Waals surface area contributed by atoms with Crippen molar-refractivity contribution in [3.63, 3.8) is 0 Å². The second-order valence-electron chi connectivity index (χ2n) is 5.44. The Kier molecular flexibility index (Phi) is 4.26. The minimum Gasteiger partial charge on any atom is -0.318 e. The fourth-order valence-electron chi connectivity index (χ4n) is 2.71. The predicted octanol–water partition coefficient (Wildman–Crippen LogP) is 2.66. The first-order valence-electron chi connectivity index (χ1n) is 7.20. The van der Waals surface area contributed by atoms with Gasteiger partial charge in [-0.2, -0.15) is 0 Å². The van der Waals surface area contributed by atoms with Crippen molar-refractivity contribution in [3.05, 3.63) is 57.9 Å². The third-order valence-corrected chi connectivity index (χ3v) is 4.22. The summed E-state index contributed by atoms with van der Waals surface area (Å²) in [6, 6.07) is 9.40. The van der Waals surface area contributed by atoms with Gasteiger partial charge in [0.2, 0.25) is 0 Å². The molecule has 24 heavy (non-hydrogen) atoms. The van der Waals surface area contributed by atoms with Gasteiger partial charge in [0.05, 0.1) is 0 Å². The molecule has 1 fully saturated rings. The number of benzene rings is 1. The van der Waals surface area contributed by atoms with E-state index in [4.69, 9.17) is 23.8 Å². The molecule has 7 heteroatoms. The summed E-state index contributed by atoms with van der Waals surface area (Å²) in [5.41, 5.74) is 3.58. The lowest BCUT2D eigenvalue weighted by atomic mass is 10.1. The van der Waals surface area contributed by atoms with Gasteiger partial charge in [0.15, 0.2) is 5.11 Å². The van der Waals surface area contributed by atoms with E-state index in [0.717, 1.165) is 22.6 Å². The molecule has 1 aromatic heterocycles. The molecule has 2 aromatic rings. The zero-order valence-electron chi connectivity index (χ0n) is 13.0. The lowest BCUT2D eigenvalue weighted by Gasteiger charge is -2.16. The number of thiocarbonyl (C=S) groups is 1. The number of rotatable bonds is 2. The second kappa shape index (κ2) is 6.22. The summed E-state index contributed by atoms with van der Waals surface area (Å²) in [6.45, 7) is 3.87. The molecule has 0 radical (unpaired) electrons. The van der Waals surface area contributed by atoms with Crippen LogP contribution in [0.15, 0.2) is 35.9 Å². The normalized spacial score (nSPS) is 14.5. The predicted molar refractivity (Wildman–Crippen MR) is 97.1 cm³/mol. The lowest BCUT2D eigenvalue weighted by Crippen LogP contribution is -2.51. The van der Waals surface area contributed by atoms with E-state index in [9.17, 15) is 9.59 Å². The van der Waals surface area contributed by atoms with Gasteiger partial charge in [-0.05, 0) is 62.0 Å². The molecule has 2 heterocycles. The number of hydrogen-bond acceptors (Lipinski definition) is 3. The lowest BCUT2D eigenvalue weighted by molar-refractivity contribution is -0.123. The highest BCUT2D eigenvalue weighted by Crippen LogP contribution is 2.24. The van der Waals surface area contributed by atoms with Crippen LogP contribution in [-0.4, -0.2) is 21.5 Å². The maximum absolute atomic E-state index is 12.0. The van der Waals surface area contributed by atoms with Crippen molar-refractivity contribution in [3.8, 4) is 5.69 Å². The van der Waals surface area contributed by atoms with Crippen molar-refractivity contribution in [1.82, 2.24) is 15.2 Å². The van der Waals surface area contributed by atoms with E-state index < -0.39 is 11.8 Å². The number of carbonyl (C=O) groups excluding carboxylic acids is 2. The van der Waals surface area contributed by atoms with Crippen LogP contribution in [-0.2, 0) is 9.59 Å². The number of nitrogens with zero attached hydrogens (tertiary/aromatic N) is 1. The summed E-state index contributed by atoms with van der Waals surface area (Å²) in [5.74, 6) is -1.01. The molecule has 1 aliphatic rings. The van der Waals surface area contributed by atoms with E-state index in [1.165, 1.54) is 0 Å². The van der Waals surface area contributed by atoms with Crippen LogP contribution in [0.4, 0.5) is 0 Å². The van der Waals surface area contributed by atoms with Crippen LogP contribution in [0.3, 0.4) is 0 Å². The summed E-state index contributed by atoms with van der Waals surface area (Å²) < 4.78 is 2.02. The number of aromatic nitrogens is 1. The largest absolute Gasteiger partial charge is 0.318 e. The van der Waals surface area contributed by atoms with Crippen LogP contribution in [0.2, 0.25) is 5.02 Å². The summed E-state index contributed by atoms with van der Waals surface area (Å²) in [5, 5.41) is 5.51. The first-order chi connectivity index (χ1) is 11.4. The van der Waals surface area contributed by atoms with Crippen molar-refractivity contribution in [2.75, 3.05) is 0 Å². The number of carbonyl (C=O) groups is 2. The monoisotopic (exact) mass is 359 g/mol. The van der Waals surface area contributed by atoms with Crippen LogP contribution in [0.25, 0.3) is 11.8 Å². The molecule has 122 valence electrons. The Balaban J connectivity index is 2.07. The van der Waals surface area contributed by atoms with E-state index in [1.807, 2.05) is 48.7 Å². The van der Waals surface area contributed by atoms with Gasteiger partial charge in [-0.1, -0.05) is 17.7 Å². The number of amides is 2. The molecule has 3 rings (SSSR count). The minimum absolute atomic E-state index is 0.0200. The minimum atomic E-state index is -0.503. The molecule has 0 atom stereocenters. The highest BCUT2D eigenvalue weighted by molar-refractivity contribution is 7.80. The molecule has 0 unspecified atom stereocenters. The maximum Gasteiger partial charge on any atom is 0.263 e. The molecule has 0 saturated carbocycles. The quantitative estimate of drug-likeness (QED) is 0.492. The van der Waals surface area contributed by atoms with Crippen molar-refractivity contribution in [1.29, 1.82) is 0 Å². The zero-order chi connectivity index (χ0) is 17.4. The molecule has 2 amide bonds. The van der Waals surface area contributed by atoms with Crippen LogP contribution in [0.5, 0.6) is 0 Å². The fourth-order valence-corrected chi connectivity index (χ4v) is 3.08.